The fraction of sp³-hybridized carbons (Fsp3) is 0. The van der Waals surface area contributed by atoms with Crippen LogP contribution in [0.25, 0.3) is 111 Å². The summed E-state index contributed by atoms with van der Waals surface area (Å²) in [6.07, 6.45) is 0. The van der Waals surface area contributed by atoms with Gasteiger partial charge in [-0.2, -0.15) is 9.97 Å². The van der Waals surface area contributed by atoms with Gasteiger partial charge in [0, 0.05) is 43.8 Å². The van der Waals surface area contributed by atoms with E-state index in [9.17, 15) is 0 Å². The SMILES string of the molecule is c1ccc(-c2nc(-c3ccccc3)nc(-n3c4ccc5c(c4c4c6ccccc6ccc43)-c3ccccc3-c3cccc4c6ccccc6n-5c34)n2)cc1. The molecule has 3 aromatic heterocycles. The molecule has 12 rings (SSSR count). The first kappa shape index (κ1) is 29.2. The maximum Gasteiger partial charge on any atom is 0.238 e. The van der Waals surface area contributed by atoms with Crippen LogP contribution in [0.4, 0.5) is 0 Å². The van der Waals surface area contributed by atoms with Crippen LogP contribution in [-0.4, -0.2) is 24.1 Å². The van der Waals surface area contributed by atoms with E-state index in [0.29, 0.717) is 17.6 Å². The lowest BCUT2D eigenvalue weighted by molar-refractivity contribution is 0.953. The van der Waals surface area contributed by atoms with Crippen LogP contribution in [0.3, 0.4) is 0 Å². The Kier molecular flexibility index (Phi) is 5.99. The lowest BCUT2D eigenvalue weighted by Gasteiger charge is -2.15. The van der Waals surface area contributed by atoms with Crippen LogP contribution in [0.2, 0.25) is 0 Å². The van der Waals surface area contributed by atoms with Crippen LogP contribution in [0, 0.1) is 0 Å². The first-order valence-electron chi connectivity index (χ1n) is 18.3. The first-order chi connectivity index (χ1) is 26.8. The highest BCUT2D eigenvalue weighted by molar-refractivity contribution is 6.28. The minimum absolute atomic E-state index is 0.580. The zero-order chi connectivity index (χ0) is 35.3. The van der Waals surface area contributed by atoms with Gasteiger partial charge in [0.15, 0.2) is 11.6 Å². The molecule has 1 aliphatic rings. The second-order valence-electron chi connectivity index (χ2n) is 14.0. The Hall–Kier alpha value is -7.37. The van der Waals surface area contributed by atoms with E-state index >= 15 is 0 Å². The van der Waals surface area contributed by atoms with E-state index in [-0.39, 0.29) is 0 Å². The molecule has 0 unspecified atom stereocenters. The minimum Gasteiger partial charge on any atom is -0.308 e. The molecule has 0 radical (unpaired) electrons. The molecule has 54 heavy (non-hydrogen) atoms. The summed E-state index contributed by atoms with van der Waals surface area (Å²) >= 11 is 0. The fourth-order valence-electron chi connectivity index (χ4n) is 8.85. The van der Waals surface area contributed by atoms with Gasteiger partial charge in [-0.05, 0) is 46.2 Å². The molecular formula is C49H29N5. The van der Waals surface area contributed by atoms with Crippen molar-refractivity contribution in [1.82, 2.24) is 24.1 Å². The van der Waals surface area contributed by atoms with Crippen molar-refractivity contribution in [2.45, 2.75) is 0 Å². The summed E-state index contributed by atoms with van der Waals surface area (Å²) in [5.74, 6) is 1.84. The standard InChI is InChI=1S/C49H29N5/c1-3-15-31(16-4-1)47-50-48(32-17-5-2-6-18-32)52-49(51-47)54-41-27-26-30-14-7-8-19-33(30)43(41)45-42(54)29-28-40-44(45)36-22-10-9-20-34(36)37-23-13-24-38-35-21-11-12-25-39(35)53(40)46(37)38/h1-29H. The van der Waals surface area contributed by atoms with E-state index < -0.39 is 0 Å². The smallest absolute Gasteiger partial charge is 0.238 e. The topological polar surface area (TPSA) is 48.5 Å². The maximum atomic E-state index is 5.26. The molecule has 0 saturated heterocycles. The molecule has 0 atom stereocenters. The van der Waals surface area contributed by atoms with Crippen molar-refractivity contribution in [2.24, 2.45) is 0 Å². The summed E-state index contributed by atoms with van der Waals surface area (Å²) in [5, 5.41) is 7.23. The van der Waals surface area contributed by atoms with Crippen molar-refractivity contribution in [2.75, 3.05) is 0 Å². The second kappa shape index (κ2) is 11.1. The maximum absolute atomic E-state index is 5.26. The highest BCUT2D eigenvalue weighted by Crippen LogP contribution is 2.51. The Morgan fingerprint density at radius 2 is 0.944 bits per heavy atom. The zero-order valence-electron chi connectivity index (χ0n) is 29.0. The molecule has 0 amide bonds. The quantitative estimate of drug-likeness (QED) is 0.186. The molecule has 0 aliphatic carbocycles. The van der Waals surface area contributed by atoms with E-state index in [1.54, 1.807) is 0 Å². The van der Waals surface area contributed by atoms with Crippen molar-refractivity contribution in [3.05, 3.63) is 176 Å². The van der Waals surface area contributed by atoms with Crippen LogP contribution in [0.1, 0.15) is 0 Å². The van der Waals surface area contributed by atoms with Crippen LogP contribution in [-0.2, 0) is 0 Å². The Balaban J connectivity index is 1.29. The van der Waals surface area contributed by atoms with E-state index in [2.05, 4.69) is 149 Å². The molecule has 1 aliphatic heterocycles. The highest BCUT2D eigenvalue weighted by Gasteiger charge is 2.29. The van der Waals surface area contributed by atoms with Gasteiger partial charge in [0.1, 0.15) is 0 Å². The molecule has 4 heterocycles. The molecule has 5 nitrogen and oxygen atoms in total. The number of para-hydroxylation sites is 2. The largest absolute Gasteiger partial charge is 0.308 e. The predicted octanol–water partition coefficient (Wildman–Crippen LogP) is 12.2. The second-order valence-corrected chi connectivity index (χ2v) is 14.0. The Morgan fingerprint density at radius 1 is 0.352 bits per heavy atom. The Bertz CT molecular complexity index is 3260. The number of rotatable bonds is 3. The number of aromatic nitrogens is 5. The van der Waals surface area contributed by atoms with Crippen LogP contribution in [0.5, 0.6) is 0 Å². The van der Waals surface area contributed by atoms with Crippen molar-refractivity contribution in [3.8, 4) is 56.7 Å². The zero-order valence-corrected chi connectivity index (χ0v) is 29.0. The molecule has 0 saturated carbocycles. The number of hydrogen-bond donors (Lipinski definition) is 0. The minimum atomic E-state index is 0.580. The van der Waals surface area contributed by atoms with Gasteiger partial charge in [-0.25, -0.2) is 4.98 Å². The number of benzene rings is 8. The third-order valence-corrected chi connectivity index (χ3v) is 11.1. The first-order valence-corrected chi connectivity index (χ1v) is 18.3. The molecule has 0 fully saturated rings. The van der Waals surface area contributed by atoms with Gasteiger partial charge in [0.25, 0.3) is 0 Å². The Labute approximate surface area is 310 Å². The summed E-state index contributed by atoms with van der Waals surface area (Å²) in [6.45, 7) is 0. The van der Waals surface area contributed by atoms with Gasteiger partial charge in [0.05, 0.1) is 27.8 Å². The number of hydrogen-bond acceptors (Lipinski definition) is 3. The Morgan fingerprint density at radius 3 is 1.72 bits per heavy atom. The van der Waals surface area contributed by atoms with E-state index in [1.807, 2.05) is 36.4 Å². The summed E-state index contributed by atoms with van der Waals surface area (Å²) in [4.78, 5) is 15.6. The van der Waals surface area contributed by atoms with Gasteiger partial charge in [-0.15, -0.1) is 0 Å². The van der Waals surface area contributed by atoms with Gasteiger partial charge < -0.3 is 4.57 Å². The van der Waals surface area contributed by atoms with E-state index in [0.717, 1.165) is 27.8 Å². The fourth-order valence-corrected chi connectivity index (χ4v) is 8.85. The summed E-state index contributed by atoms with van der Waals surface area (Å²) in [6, 6.07) is 62.6. The van der Waals surface area contributed by atoms with Crippen molar-refractivity contribution >= 4 is 54.4 Å². The average molecular weight is 688 g/mol. The lowest BCUT2D eigenvalue weighted by atomic mass is 9.90. The number of fused-ring (bicyclic) bond motifs is 14. The van der Waals surface area contributed by atoms with Crippen molar-refractivity contribution < 1.29 is 0 Å². The molecule has 250 valence electrons. The molecular weight excluding hydrogens is 659 g/mol. The predicted molar refractivity (Wildman–Crippen MR) is 221 cm³/mol. The average Bonchev–Trinajstić information content (AvgIpc) is 3.73. The summed E-state index contributed by atoms with van der Waals surface area (Å²) < 4.78 is 4.75. The third-order valence-electron chi connectivity index (χ3n) is 11.1. The van der Waals surface area contributed by atoms with Crippen LogP contribution in [0.15, 0.2) is 176 Å². The van der Waals surface area contributed by atoms with E-state index in [4.69, 9.17) is 15.0 Å². The van der Waals surface area contributed by atoms with Gasteiger partial charge >= 0.3 is 0 Å². The molecule has 0 spiro atoms. The van der Waals surface area contributed by atoms with E-state index in [1.165, 1.54) is 65.6 Å². The van der Waals surface area contributed by atoms with Crippen molar-refractivity contribution in [3.63, 3.8) is 0 Å². The summed E-state index contributed by atoms with van der Waals surface area (Å²) in [7, 11) is 0. The molecule has 0 N–H and O–H groups in total. The van der Waals surface area contributed by atoms with Crippen LogP contribution >= 0.6 is 0 Å². The monoisotopic (exact) mass is 687 g/mol. The van der Waals surface area contributed by atoms with Gasteiger partial charge in [-0.1, -0.05) is 152 Å². The molecule has 0 bridgehead atoms. The van der Waals surface area contributed by atoms with Gasteiger partial charge in [-0.3, -0.25) is 4.57 Å². The lowest BCUT2D eigenvalue weighted by Crippen LogP contribution is -2.06. The van der Waals surface area contributed by atoms with Crippen molar-refractivity contribution in [1.29, 1.82) is 0 Å². The molecule has 11 aromatic rings. The summed E-state index contributed by atoms with van der Waals surface area (Å²) in [5.41, 5.74) is 12.4. The third kappa shape index (κ3) is 4.01. The molecule has 8 aromatic carbocycles. The van der Waals surface area contributed by atoms with Gasteiger partial charge in [0.2, 0.25) is 5.95 Å². The molecule has 5 heteroatoms. The number of nitrogens with zero attached hydrogens (tertiary/aromatic N) is 5. The highest BCUT2D eigenvalue weighted by atomic mass is 15.2. The van der Waals surface area contributed by atoms with Crippen LogP contribution < -0.4 is 0 Å². The normalized spacial score (nSPS) is 12.1.